The number of ketones is 1. The zero-order valence-electron chi connectivity index (χ0n) is 9.72. The van der Waals surface area contributed by atoms with Gasteiger partial charge >= 0.3 is 6.18 Å². The van der Waals surface area contributed by atoms with Crippen LogP contribution in [0.15, 0.2) is 29.6 Å². The highest BCUT2D eigenvalue weighted by atomic mass is 32.1. The second-order valence-corrected chi connectivity index (χ2v) is 4.87. The van der Waals surface area contributed by atoms with E-state index in [9.17, 15) is 22.4 Å². The van der Waals surface area contributed by atoms with Crippen LogP contribution in [0.2, 0.25) is 0 Å². The van der Waals surface area contributed by atoms with Crippen molar-refractivity contribution >= 4 is 17.1 Å². The van der Waals surface area contributed by atoms with Gasteiger partial charge in [-0.25, -0.2) is 4.39 Å². The molecular weight excluding hydrogens is 280 g/mol. The lowest BCUT2D eigenvalue weighted by Crippen LogP contribution is -2.14. The Morgan fingerprint density at radius 3 is 2.42 bits per heavy atom. The molecule has 100 valence electrons. The summed E-state index contributed by atoms with van der Waals surface area (Å²) in [5, 5.41) is 1.61. The number of carbonyl (C=O) groups excluding carboxylic acids is 1. The second-order valence-electron chi connectivity index (χ2n) is 3.95. The van der Waals surface area contributed by atoms with Crippen LogP contribution in [0, 0.1) is 12.7 Å². The molecule has 0 N–H and O–H groups in total. The lowest BCUT2D eigenvalue weighted by atomic mass is 10.0. The second kappa shape index (κ2) is 4.77. The molecule has 0 unspecified atom stereocenters. The maximum absolute atomic E-state index is 13.1. The van der Waals surface area contributed by atoms with Crippen molar-refractivity contribution in [2.24, 2.45) is 0 Å². The molecule has 1 aromatic heterocycles. The molecule has 0 aliphatic heterocycles. The fourth-order valence-corrected chi connectivity index (χ4v) is 2.56. The predicted octanol–water partition coefficient (Wildman–Crippen LogP) is 4.45. The third-order valence-corrected chi connectivity index (χ3v) is 3.62. The molecule has 0 bridgehead atoms. The van der Waals surface area contributed by atoms with Crippen molar-refractivity contribution in [3.63, 3.8) is 0 Å². The van der Waals surface area contributed by atoms with Gasteiger partial charge in [-0.05, 0) is 42.1 Å². The van der Waals surface area contributed by atoms with Crippen LogP contribution in [0.4, 0.5) is 17.6 Å². The minimum absolute atomic E-state index is 0.191. The molecule has 0 fully saturated rings. The van der Waals surface area contributed by atoms with Gasteiger partial charge in [0.15, 0.2) is 0 Å². The van der Waals surface area contributed by atoms with Gasteiger partial charge in [-0.2, -0.15) is 13.2 Å². The van der Waals surface area contributed by atoms with Gasteiger partial charge in [0.1, 0.15) is 5.82 Å². The third-order valence-electron chi connectivity index (χ3n) is 2.60. The van der Waals surface area contributed by atoms with Crippen LogP contribution in [0.25, 0.3) is 0 Å². The first kappa shape index (κ1) is 13.7. The Morgan fingerprint density at radius 1 is 1.21 bits per heavy atom. The number of hydrogen-bond acceptors (Lipinski definition) is 2. The summed E-state index contributed by atoms with van der Waals surface area (Å²) in [5.74, 6) is -1.68. The van der Waals surface area contributed by atoms with Crippen molar-refractivity contribution in [2.75, 3.05) is 0 Å². The summed E-state index contributed by atoms with van der Waals surface area (Å²) in [5.41, 5.74) is -1.20. The molecule has 0 saturated carbocycles. The molecule has 0 aliphatic carbocycles. The Balaban J connectivity index is 2.59. The molecule has 1 aromatic carbocycles. The average Bonchev–Trinajstić information content (AvgIpc) is 2.72. The van der Waals surface area contributed by atoms with Crippen LogP contribution in [0.1, 0.15) is 26.4 Å². The number of carbonyl (C=O) groups is 1. The lowest BCUT2D eigenvalue weighted by Gasteiger charge is -2.11. The van der Waals surface area contributed by atoms with Gasteiger partial charge in [-0.15, -0.1) is 11.3 Å². The minimum Gasteiger partial charge on any atom is -0.288 e. The van der Waals surface area contributed by atoms with Crippen LogP contribution in [0.3, 0.4) is 0 Å². The number of rotatable bonds is 2. The highest BCUT2D eigenvalue weighted by Crippen LogP contribution is 2.34. The molecule has 1 heterocycles. The molecule has 0 saturated heterocycles. The number of aryl methyl sites for hydroxylation is 1. The first-order chi connectivity index (χ1) is 8.80. The van der Waals surface area contributed by atoms with Gasteiger partial charge in [0.2, 0.25) is 5.78 Å². The van der Waals surface area contributed by atoms with Gasteiger partial charge in [0.05, 0.1) is 10.4 Å². The summed E-state index contributed by atoms with van der Waals surface area (Å²) in [6.45, 7) is 1.62. The van der Waals surface area contributed by atoms with E-state index in [-0.39, 0.29) is 4.88 Å². The highest BCUT2D eigenvalue weighted by molar-refractivity contribution is 7.12. The molecule has 0 amide bonds. The van der Waals surface area contributed by atoms with E-state index < -0.39 is 28.9 Å². The van der Waals surface area contributed by atoms with Crippen molar-refractivity contribution in [1.82, 2.24) is 0 Å². The summed E-state index contributed by atoms with van der Waals surface area (Å²) < 4.78 is 51.6. The Bertz CT molecular complexity index is 628. The van der Waals surface area contributed by atoms with E-state index in [2.05, 4.69) is 0 Å². The van der Waals surface area contributed by atoms with Crippen LogP contribution in [-0.2, 0) is 6.18 Å². The van der Waals surface area contributed by atoms with E-state index in [4.69, 9.17) is 0 Å². The Labute approximate surface area is 110 Å². The first-order valence-corrected chi connectivity index (χ1v) is 6.14. The minimum atomic E-state index is -4.69. The molecule has 1 nitrogen and oxygen atoms in total. The van der Waals surface area contributed by atoms with E-state index in [0.29, 0.717) is 23.8 Å². The maximum Gasteiger partial charge on any atom is 0.417 e. The van der Waals surface area contributed by atoms with E-state index in [0.717, 1.165) is 11.3 Å². The van der Waals surface area contributed by atoms with Crippen molar-refractivity contribution < 1.29 is 22.4 Å². The van der Waals surface area contributed by atoms with Crippen LogP contribution >= 0.6 is 11.3 Å². The van der Waals surface area contributed by atoms with E-state index in [1.807, 2.05) is 0 Å². The molecule has 0 spiro atoms. The van der Waals surface area contributed by atoms with Crippen molar-refractivity contribution in [2.45, 2.75) is 13.1 Å². The summed E-state index contributed by atoms with van der Waals surface area (Å²) >= 11 is 1.04. The molecule has 0 atom stereocenters. The fraction of sp³-hybridized carbons (Fsp3) is 0.154. The largest absolute Gasteiger partial charge is 0.417 e. The zero-order valence-corrected chi connectivity index (χ0v) is 10.5. The molecule has 2 rings (SSSR count). The average molecular weight is 288 g/mol. The first-order valence-electron chi connectivity index (χ1n) is 5.26. The predicted molar refractivity (Wildman–Crippen MR) is 63.9 cm³/mol. The summed E-state index contributed by atoms with van der Waals surface area (Å²) in [4.78, 5) is 12.3. The molecule has 0 radical (unpaired) electrons. The number of thiophene rings is 1. The third kappa shape index (κ3) is 2.68. The lowest BCUT2D eigenvalue weighted by molar-refractivity contribution is -0.137. The Morgan fingerprint density at radius 2 is 1.89 bits per heavy atom. The zero-order chi connectivity index (χ0) is 14.2. The van der Waals surface area contributed by atoms with Gasteiger partial charge < -0.3 is 0 Å². The van der Waals surface area contributed by atoms with Crippen molar-refractivity contribution in [3.05, 3.63) is 57.0 Å². The SMILES string of the molecule is Cc1ccsc1C(=O)c1cc(F)ccc1C(F)(F)F. The number of hydrogen-bond donors (Lipinski definition) is 0. The van der Waals surface area contributed by atoms with Crippen LogP contribution in [-0.4, -0.2) is 5.78 Å². The molecule has 2 aromatic rings. The molecule has 0 aliphatic rings. The summed E-state index contributed by atoms with van der Waals surface area (Å²) in [6, 6.07) is 3.54. The molecule has 6 heteroatoms. The number of halogens is 4. The van der Waals surface area contributed by atoms with Gasteiger partial charge in [0.25, 0.3) is 0 Å². The Kier molecular flexibility index (Phi) is 3.45. The summed E-state index contributed by atoms with van der Waals surface area (Å²) in [7, 11) is 0. The normalized spacial score (nSPS) is 11.6. The molecule has 19 heavy (non-hydrogen) atoms. The highest BCUT2D eigenvalue weighted by Gasteiger charge is 2.35. The number of alkyl halides is 3. The van der Waals surface area contributed by atoms with Crippen molar-refractivity contribution in [1.29, 1.82) is 0 Å². The van der Waals surface area contributed by atoms with E-state index >= 15 is 0 Å². The van der Waals surface area contributed by atoms with E-state index in [1.165, 1.54) is 0 Å². The van der Waals surface area contributed by atoms with Gasteiger partial charge in [0, 0.05) is 5.56 Å². The number of benzene rings is 1. The fourth-order valence-electron chi connectivity index (χ4n) is 1.68. The standard InChI is InChI=1S/C13H8F4OS/c1-7-4-5-19-12(7)11(18)9-6-8(14)2-3-10(9)13(15,16)17/h2-6H,1H3. The van der Waals surface area contributed by atoms with Crippen LogP contribution in [0.5, 0.6) is 0 Å². The quantitative estimate of drug-likeness (QED) is 0.589. The topological polar surface area (TPSA) is 17.1 Å². The molecular formula is C13H8F4OS. The smallest absolute Gasteiger partial charge is 0.288 e. The van der Waals surface area contributed by atoms with E-state index in [1.54, 1.807) is 18.4 Å². The summed E-state index contributed by atoms with van der Waals surface area (Å²) in [6.07, 6.45) is -4.69. The maximum atomic E-state index is 13.1. The van der Waals surface area contributed by atoms with Gasteiger partial charge in [-0.1, -0.05) is 0 Å². The Hall–Kier alpha value is -1.69. The van der Waals surface area contributed by atoms with Gasteiger partial charge in [-0.3, -0.25) is 4.79 Å². The van der Waals surface area contributed by atoms with Crippen molar-refractivity contribution in [3.8, 4) is 0 Å². The monoisotopic (exact) mass is 288 g/mol. The van der Waals surface area contributed by atoms with Crippen LogP contribution < -0.4 is 0 Å².